The highest BCUT2D eigenvalue weighted by atomic mass is 79.9. The molecule has 0 radical (unpaired) electrons. The Morgan fingerprint density at radius 3 is 2.70 bits per heavy atom. The van der Waals surface area contributed by atoms with Gasteiger partial charge in [0.2, 0.25) is 0 Å². The van der Waals surface area contributed by atoms with Gasteiger partial charge in [-0.2, -0.15) is 5.10 Å². The number of hydrogen-bond acceptors (Lipinski definition) is 3. The monoisotopic (exact) mass is 343 g/mol. The number of aryl methyl sites for hydroxylation is 2. The molecular weight excluding hydrogens is 318 g/mol. The first-order valence-electron chi connectivity index (χ1n) is 7.67. The largest absolute Gasteiger partial charge is 0.374 e. The Bertz CT molecular complexity index is 447. The molecule has 0 amide bonds. The predicted octanol–water partition coefficient (Wildman–Crippen LogP) is 2.93. The molecule has 3 atom stereocenters. The van der Waals surface area contributed by atoms with Crippen LogP contribution in [0.1, 0.15) is 45.0 Å². The predicted molar refractivity (Wildman–Crippen MR) is 85.1 cm³/mol. The standard InChI is InChI=1S/C15H26BrN3O/c1-5-11-15(16)13(19(6-2)18-11)9-12(17-4)14-8-7-10(3)20-14/h10,12,14,17H,5-9H2,1-4H3. The van der Waals surface area contributed by atoms with Gasteiger partial charge in [0.1, 0.15) is 0 Å². The minimum Gasteiger partial charge on any atom is -0.374 e. The molecule has 1 aromatic rings. The molecule has 2 rings (SSSR count). The molecular formula is C15H26BrN3O. The van der Waals surface area contributed by atoms with Crippen molar-refractivity contribution in [2.24, 2.45) is 0 Å². The maximum absolute atomic E-state index is 6.03. The third kappa shape index (κ3) is 3.26. The Morgan fingerprint density at radius 2 is 2.20 bits per heavy atom. The molecule has 1 aliphatic heterocycles. The average molecular weight is 344 g/mol. The second-order valence-corrected chi connectivity index (χ2v) is 6.33. The normalized spacial score (nSPS) is 24.2. The van der Waals surface area contributed by atoms with Crippen LogP contribution in [0.4, 0.5) is 0 Å². The van der Waals surface area contributed by atoms with Crippen LogP contribution >= 0.6 is 15.9 Å². The summed E-state index contributed by atoms with van der Waals surface area (Å²) in [4.78, 5) is 0. The van der Waals surface area contributed by atoms with E-state index >= 15 is 0 Å². The number of halogens is 1. The van der Waals surface area contributed by atoms with Crippen LogP contribution in [0.5, 0.6) is 0 Å². The zero-order valence-corrected chi connectivity index (χ0v) is 14.5. The topological polar surface area (TPSA) is 39.1 Å². The van der Waals surface area contributed by atoms with Crippen molar-refractivity contribution in [1.82, 2.24) is 15.1 Å². The molecule has 0 bridgehead atoms. The summed E-state index contributed by atoms with van der Waals surface area (Å²) in [7, 11) is 2.03. The Hall–Kier alpha value is -0.390. The molecule has 0 saturated carbocycles. The van der Waals surface area contributed by atoms with Crippen molar-refractivity contribution in [1.29, 1.82) is 0 Å². The van der Waals surface area contributed by atoms with Crippen molar-refractivity contribution in [3.63, 3.8) is 0 Å². The van der Waals surface area contributed by atoms with Gasteiger partial charge in [-0.3, -0.25) is 4.68 Å². The minimum atomic E-state index is 0.312. The van der Waals surface area contributed by atoms with E-state index in [1.807, 2.05) is 7.05 Å². The van der Waals surface area contributed by atoms with Crippen LogP contribution in [0.3, 0.4) is 0 Å². The molecule has 4 nitrogen and oxygen atoms in total. The Labute approximate surface area is 130 Å². The van der Waals surface area contributed by atoms with Gasteiger partial charge in [0.05, 0.1) is 28.1 Å². The molecule has 0 aliphatic carbocycles. The third-order valence-corrected chi connectivity index (χ3v) is 5.11. The van der Waals surface area contributed by atoms with Crippen molar-refractivity contribution in [3.8, 4) is 0 Å². The number of rotatable bonds is 6. The van der Waals surface area contributed by atoms with Gasteiger partial charge in [0, 0.05) is 19.0 Å². The number of nitrogens with one attached hydrogen (secondary N) is 1. The van der Waals surface area contributed by atoms with E-state index in [2.05, 4.69) is 51.8 Å². The lowest BCUT2D eigenvalue weighted by atomic mass is 10.0. The molecule has 20 heavy (non-hydrogen) atoms. The van der Waals surface area contributed by atoms with E-state index in [1.165, 1.54) is 10.2 Å². The van der Waals surface area contributed by atoms with Gasteiger partial charge in [0.15, 0.2) is 0 Å². The van der Waals surface area contributed by atoms with Crippen molar-refractivity contribution in [3.05, 3.63) is 15.9 Å². The minimum absolute atomic E-state index is 0.312. The zero-order valence-electron chi connectivity index (χ0n) is 12.9. The summed E-state index contributed by atoms with van der Waals surface area (Å²) in [5.74, 6) is 0. The highest BCUT2D eigenvalue weighted by Crippen LogP contribution is 2.27. The fourth-order valence-electron chi connectivity index (χ4n) is 2.97. The van der Waals surface area contributed by atoms with Crippen LogP contribution in [0.15, 0.2) is 4.47 Å². The van der Waals surface area contributed by atoms with Gasteiger partial charge < -0.3 is 10.1 Å². The third-order valence-electron chi connectivity index (χ3n) is 4.19. The molecule has 114 valence electrons. The van der Waals surface area contributed by atoms with Crippen LogP contribution in [0.25, 0.3) is 0 Å². The van der Waals surface area contributed by atoms with Crippen LogP contribution in [0.2, 0.25) is 0 Å². The van der Waals surface area contributed by atoms with E-state index in [-0.39, 0.29) is 0 Å². The SMILES string of the molecule is CCc1nn(CC)c(CC(NC)C2CCC(C)O2)c1Br. The van der Waals surface area contributed by atoms with E-state index in [0.717, 1.165) is 37.9 Å². The molecule has 2 heterocycles. The van der Waals surface area contributed by atoms with E-state index < -0.39 is 0 Å². The highest BCUT2D eigenvalue weighted by Gasteiger charge is 2.30. The summed E-state index contributed by atoms with van der Waals surface area (Å²) in [6.45, 7) is 7.36. The van der Waals surface area contributed by atoms with Crippen molar-refractivity contribution >= 4 is 15.9 Å². The highest BCUT2D eigenvalue weighted by molar-refractivity contribution is 9.10. The summed E-state index contributed by atoms with van der Waals surface area (Å²) in [5, 5.41) is 8.11. The molecule has 0 spiro atoms. The lowest BCUT2D eigenvalue weighted by molar-refractivity contribution is 0.0333. The average Bonchev–Trinajstić information content (AvgIpc) is 3.00. The van der Waals surface area contributed by atoms with Crippen LogP contribution in [-0.4, -0.2) is 35.1 Å². The summed E-state index contributed by atoms with van der Waals surface area (Å²) < 4.78 is 9.32. The van der Waals surface area contributed by atoms with E-state index in [4.69, 9.17) is 4.74 Å². The van der Waals surface area contributed by atoms with Gasteiger partial charge in [-0.05, 0) is 56.1 Å². The first-order chi connectivity index (χ1) is 9.60. The van der Waals surface area contributed by atoms with E-state index in [9.17, 15) is 0 Å². The van der Waals surface area contributed by atoms with Gasteiger partial charge >= 0.3 is 0 Å². The first kappa shape index (κ1) is 16.0. The van der Waals surface area contributed by atoms with Crippen LogP contribution < -0.4 is 5.32 Å². The maximum Gasteiger partial charge on any atom is 0.0766 e. The molecule has 0 aromatic carbocycles. The summed E-state index contributed by atoms with van der Waals surface area (Å²) in [6, 6.07) is 0.350. The second-order valence-electron chi connectivity index (χ2n) is 5.54. The fourth-order valence-corrected chi connectivity index (χ4v) is 3.70. The molecule has 1 aromatic heterocycles. The number of likely N-dealkylation sites (N-methyl/N-ethyl adjacent to an activating group) is 1. The summed E-state index contributed by atoms with van der Waals surface area (Å²) in [5.41, 5.74) is 2.43. The van der Waals surface area contributed by atoms with Gasteiger partial charge in [-0.1, -0.05) is 6.92 Å². The van der Waals surface area contributed by atoms with Crippen molar-refractivity contribution in [2.75, 3.05) is 7.05 Å². The lowest BCUT2D eigenvalue weighted by Gasteiger charge is -2.23. The Kier molecular flexibility index (Phi) is 5.64. The van der Waals surface area contributed by atoms with Gasteiger partial charge in [0.25, 0.3) is 0 Å². The quantitative estimate of drug-likeness (QED) is 0.862. The maximum atomic E-state index is 6.03. The summed E-state index contributed by atoms with van der Waals surface area (Å²) in [6.07, 6.45) is 4.92. The van der Waals surface area contributed by atoms with E-state index in [1.54, 1.807) is 0 Å². The Balaban J connectivity index is 2.16. The van der Waals surface area contributed by atoms with E-state index in [0.29, 0.717) is 18.2 Å². The smallest absolute Gasteiger partial charge is 0.0766 e. The molecule has 1 saturated heterocycles. The van der Waals surface area contributed by atoms with Crippen molar-refractivity contribution in [2.45, 2.75) is 71.2 Å². The Morgan fingerprint density at radius 1 is 1.45 bits per heavy atom. The zero-order chi connectivity index (χ0) is 14.7. The van der Waals surface area contributed by atoms with Crippen LogP contribution in [0, 0.1) is 0 Å². The molecule has 1 aliphatic rings. The number of ether oxygens (including phenoxy) is 1. The fraction of sp³-hybridized carbons (Fsp3) is 0.800. The number of nitrogens with zero attached hydrogens (tertiary/aromatic N) is 2. The van der Waals surface area contributed by atoms with Crippen molar-refractivity contribution < 1.29 is 4.74 Å². The molecule has 1 fully saturated rings. The first-order valence-corrected chi connectivity index (χ1v) is 8.46. The number of aromatic nitrogens is 2. The van der Waals surface area contributed by atoms with Gasteiger partial charge in [-0.15, -0.1) is 0 Å². The molecule has 5 heteroatoms. The summed E-state index contributed by atoms with van der Waals surface area (Å²) >= 11 is 3.73. The van der Waals surface area contributed by atoms with Crippen LogP contribution in [-0.2, 0) is 24.1 Å². The lowest BCUT2D eigenvalue weighted by Crippen LogP contribution is -2.40. The van der Waals surface area contributed by atoms with Gasteiger partial charge in [-0.25, -0.2) is 0 Å². The second kappa shape index (κ2) is 7.05. The number of hydrogen-bond donors (Lipinski definition) is 1. The molecule has 3 unspecified atom stereocenters. The molecule has 1 N–H and O–H groups in total.